The zero-order valence-electron chi connectivity index (χ0n) is 11.2. The zero-order chi connectivity index (χ0) is 15.5. The molecule has 112 valence electrons. The van der Waals surface area contributed by atoms with Gasteiger partial charge in [0.2, 0.25) is 0 Å². The number of aliphatic hydroxyl groups excluding tert-OH is 1. The summed E-state index contributed by atoms with van der Waals surface area (Å²) in [5.74, 6) is 0.399. The molecule has 0 aromatic heterocycles. The summed E-state index contributed by atoms with van der Waals surface area (Å²) in [4.78, 5) is -0.0957. The number of aliphatic hydroxyl groups is 1. The van der Waals surface area contributed by atoms with E-state index >= 15 is 0 Å². The molecule has 2 aromatic rings. The third-order valence-corrected chi connectivity index (χ3v) is 4.67. The van der Waals surface area contributed by atoms with E-state index in [9.17, 15) is 8.42 Å². The second-order valence-corrected chi connectivity index (χ2v) is 6.29. The number of anilines is 1. The van der Waals surface area contributed by atoms with Crippen LogP contribution in [0.5, 0.6) is 5.75 Å². The molecule has 0 aliphatic rings. The third-order valence-electron chi connectivity index (χ3n) is 2.82. The lowest BCUT2D eigenvalue weighted by molar-refractivity contribution is 0.281. The lowest BCUT2D eigenvalue weighted by atomic mass is 10.2. The Labute approximate surface area is 128 Å². The quantitative estimate of drug-likeness (QED) is 0.885. The number of halogens is 1. The van der Waals surface area contributed by atoms with Crippen molar-refractivity contribution in [3.8, 4) is 5.75 Å². The standard InChI is InChI=1S/C14H14ClNO4S/c1-20-13-5-3-2-4-12(13)16-21(18,19)14-8-10(9-17)6-7-11(14)15/h2-8,16-17H,9H2,1H3. The van der Waals surface area contributed by atoms with Crippen LogP contribution in [0.15, 0.2) is 47.4 Å². The van der Waals surface area contributed by atoms with Crippen molar-refractivity contribution in [3.05, 3.63) is 53.1 Å². The van der Waals surface area contributed by atoms with E-state index in [0.29, 0.717) is 17.0 Å². The number of hydrogen-bond acceptors (Lipinski definition) is 4. The summed E-state index contributed by atoms with van der Waals surface area (Å²) >= 11 is 5.95. The van der Waals surface area contributed by atoms with Gasteiger partial charge in [-0.1, -0.05) is 29.8 Å². The van der Waals surface area contributed by atoms with E-state index < -0.39 is 10.0 Å². The van der Waals surface area contributed by atoms with Crippen molar-refractivity contribution < 1.29 is 18.3 Å². The Hall–Kier alpha value is -1.76. The molecule has 0 aliphatic heterocycles. The maximum absolute atomic E-state index is 12.4. The molecule has 0 fully saturated rings. The molecule has 0 heterocycles. The first-order chi connectivity index (χ1) is 9.97. The van der Waals surface area contributed by atoms with E-state index in [1.165, 1.54) is 19.2 Å². The topological polar surface area (TPSA) is 75.6 Å². The Morgan fingerprint density at radius 1 is 1.24 bits per heavy atom. The van der Waals surface area contributed by atoms with E-state index in [1.54, 1.807) is 30.3 Å². The van der Waals surface area contributed by atoms with Crippen LogP contribution >= 0.6 is 11.6 Å². The van der Waals surface area contributed by atoms with Gasteiger partial charge in [-0.15, -0.1) is 0 Å². The van der Waals surface area contributed by atoms with Gasteiger partial charge in [0.25, 0.3) is 10.0 Å². The number of sulfonamides is 1. The van der Waals surface area contributed by atoms with Gasteiger partial charge in [-0.25, -0.2) is 8.42 Å². The number of methoxy groups -OCH3 is 1. The van der Waals surface area contributed by atoms with Gasteiger partial charge in [0.1, 0.15) is 10.6 Å². The average molecular weight is 328 g/mol. The molecular formula is C14H14ClNO4S. The molecule has 0 radical (unpaired) electrons. The number of rotatable bonds is 5. The SMILES string of the molecule is COc1ccccc1NS(=O)(=O)c1cc(CO)ccc1Cl. The fraction of sp³-hybridized carbons (Fsp3) is 0.143. The summed E-state index contributed by atoms with van der Waals surface area (Å²) in [6.07, 6.45) is 0. The highest BCUT2D eigenvalue weighted by atomic mass is 35.5. The van der Waals surface area contributed by atoms with Crippen molar-refractivity contribution in [1.29, 1.82) is 0 Å². The van der Waals surface area contributed by atoms with Crippen molar-refractivity contribution in [2.24, 2.45) is 0 Å². The van der Waals surface area contributed by atoms with Gasteiger partial charge in [0.15, 0.2) is 0 Å². The first-order valence-corrected chi connectivity index (χ1v) is 7.89. The van der Waals surface area contributed by atoms with Crippen molar-refractivity contribution in [3.63, 3.8) is 0 Å². The van der Waals surface area contributed by atoms with Crippen LogP contribution in [0.4, 0.5) is 5.69 Å². The lowest BCUT2D eigenvalue weighted by Crippen LogP contribution is -2.14. The van der Waals surface area contributed by atoms with E-state index in [1.807, 2.05) is 0 Å². The summed E-state index contributed by atoms with van der Waals surface area (Å²) in [5.41, 5.74) is 0.769. The minimum Gasteiger partial charge on any atom is -0.495 e. The minimum atomic E-state index is -3.88. The molecule has 2 rings (SSSR count). The van der Waals surface area contributed by atoms with Gasteiger partial charge in [0.05, 0.1) is 24.4 Å². The maximum atomic E-state index is 12.4. The summed E-state index contributed by atoms with van der Waals surface area (Å²) in [5, 5.41) is 9.19. The molecule has 0 saturated heterocycles. The maximum Gasteiger partial charge on any atom is 0.263 e. The molecular weight excluding hydrogens is 314 g/mol. The summed E-state index contributed by atoms with van der Waals surface area (Å²) in [6, 6.07) is 11.0. The van der Waals surface area contributed by atoms with Crippen LogP contribution in [-0.4, -0.2) is 20.6 Å². The molecule has 2 aromatic carbocycles. The predicted octanol–water partition coefficient (Wildman–Crippen LogP) is 2.64. The van der Waals surface area contributed by atoms with E-state index in [2.05, 4.69) is 4.72 Å². The second kappa shape index (κ2) is 6.34. The van der Waals surface area contributed by atoms with Crippen molar-refractivity contribution in [1.82, 2.24) is 0 Å². The molecule has 21 heavy (non-hydrogen) atoms. The fourth-order valence-corrected chi connectivity index (χ4v) is 3.40. The number of benzene rings is 2. The van der Waals surface area contributed by atoms with Gasteiger partial charge in [-0.2, -0.15) is 0 Å². The van der Waals surface area contributed by atoms with Crippen LogP contribution in [0, 0.1) is 0 Å². The molecule has 0 bridgehead atoms. The Bertz CT molecular complexity index is 746. The first-order valence-electron chi connectivity index (χ1n) is 6.03. The van der Waals surface area contributed by atoms with Crippen molar-refractivity contribution >= 4 is 27.3 Å². The van der Waals surface area contributed by atoms with E-state index in [4.69, 9.17) is 21.4 Å². The van der Waals surface area contributed by atoms with Gasteiger partial charge >= 0.3 is 0 Å². The van der Waals surface area contributed by atoms with Gasteiger partial charge in [0, 0.05) is 0 Å². The number of nitrogens with one attached hydrogen (secondary N) is 1. The number of ether oxygens (including phenoxy) is 1. The highest BCUT2D eigenvalue weighted by Crippen LogP contribution is 2.29. The molecule has 7 heteroatoms. The predicted molar refractivity (Wildman–Crippen MR) is 81.2 cm³/mol. The first kappa shape index (κ1) is 15.6. The average Bonchev–Trinajstić information content (AvgIpc) is 2.47. The zero-order valence-corrected chi connectivity index (χ0v) is 12.8. The highest BCUT2D eigenvalue weighted by molar-refractivity contribution is 7.92. The molecule has 0 unspecified atom stereocenters. The van der Waals surface area contributed by atoms with Gasteiger partial charge in [-0.05, 0) is 29.8 Å². The Morgan fingerprint density at radius 2 is 1.95 bits per heavy atom. The molecule has 2 N–H and O–H groups in total. The molecule has 0 saturated carbocycles. The van der Waals surface area contributed by atoms with Crippen LogP contribution in [0.25, 0.3) is 0 Å². The van der Waals surface area contributed by atoms with Crippen molar-refractivity contribution in [2.75, 3.05) is 11.8 Å². The van der Waals surface area contributed by atoms with Gasteiger partial charge in [-0.3, -0.25) is 4.72 Å². The lowest BCUT2D eigenvalue weighted by Gasteiger charge is -2.13. The van der Waals surface area contributed by atoms with Crippen LogP contribution in [0.1, 0.15) is 5.56 Å². The molecule has 0 spiro atoms. The second-order valence-electron chi connectivity index (χ2n) is 4.23. The van der Waals surface area contributed by atoms with Crippen LogP contribution in [0.3, 0.4) is 0 Å². The normalized spacial score (nSPS) is 11.2. The Morgan fingerprint density at radius 3 is 2.62 bits per heavy atom. The van der Waals surface area contributed by atoms with Crippen LogP contribution in [-0.2, 0) is 16.6 Å². The third kappa shape index (κ3) is 3.47. The molecule has 0 atom stereocenters. The van der Waals surface area contributed by atoms with E-state index in [-0.39, 0.29) is 16.5 Å². The highest BCUT2D eigenvalue weighted by Gasteiger charge is 2.20. The molecule has 5 nitrogen and oxygen atoms in total. The monoisotopic (exact) mass is 327 g/mol. The Balaban J connectivity index is 2.43. The van der Waals surface area contributed by atoms with Crippen LogP contribution in [0.2, 0.25) is 5.02 Å². The molecule has 0 amide bonds. The fourth-order valence-electron chi connectivity index (χ4n) is 1.78. The van der Waals surface area contributed by atoms with Crippen molar-refractivity contribution in [2.45, 2.75) is 11.5 Å². The smallest absolute Gasteiger partial charge is 0.263 e. The number of para-hydroxylation sites is 2. The minimum absolute atomic E-state index is 0.0783. The molecule has 0 aliphatic carbocycles. The Kier molecular flexibility index (Phi) is 4.72. The summed E-state index contributed by atoms with van der Waals surface area (Å²) in [7, 11) is -2.43. The largest absolute Gasteiger partial charge is 0.495 e. The summed E-state index contributed by atoms with van der Waals surface area (Å²) in [6.45, 7) is -0.269. The van der Waals surface area contributed by atoms with E-state index in [0.717, 1.165) is 0 Å². The summed E-state index contributed by atoms with van der Waals surface area (Å²) < 4.78 is 32.4. The number of hydrogen-bond donors (Lipinski definition) is 2. The van der Waals surface area contributed by atoms with Crippen LogP contribution < -0.4 is 9.46 Å². The van der Waals surface area contributed by atoms with Gasteiger partial charge < -0.3 is 9.84 Å².